The summed E-state index contributed by atoms with van der Waals surface area (Å²) in [6.07, 6.45) is 3.97. The maximum absolute atomic E-state index is 5.79. The van der Waals surface area contributed by atoms with Crippen molar-refractivity contribution >= 4 is 29.3 Å². The summed E-state index contributed by atoms with van der Waals surface area (Å²) in [7, 11) is 1.86. The van der Waals surface area contributed by atoms with Crippen LogP contribution in [-0.4, -0.2) is 53.5 Å². The highest BCUT2D eigenvalue weighted by molar-refractivity contribution is 8.00. The first-order valence-electron chi connectivity index (χ1n) is 7.40. The zero-order valence-electron chi connectivity index (χ0n) is 12.7. The van der Waals surface area contributed by atoms with Crippen molar-refractivity contribution in [3.8, 4) is 0 Å². The molecule has 0 saturated carbocycles. The molecule has 4 nitrogen and oxygen atoms in total. The van der Waals surface area contributed by atoms with Crippen LogP contribution in [0, 0.1) is 0 Å². The highest BCUT2D eigenvalue weighted by Crippen LogP contribution is 2.20. The van der Waals surface area contributed by atoms with E-state index in [1.807, 2.05) is 25.4 Å². The van der Waals surface area contributed by atoms with Gasteiger partial charge >= 0.3 is 0 Å². The number of halogens is 1. The first kappa shape index (κ1) is 16.4. The molecule has 1 aromatic rings. The lowest BCUT2D eigenvalue weighted by Gasteiger charge is -2.34. The van der Waals surface area contributed by atoms with Gasteiger partial charge in [0, 0.05) is 43.9 Å². The van der Waals surface area contributed by atoms with Crippen molar-refractivity contribution in [2.45, 2.75) is 25.0 Å². The molecule has 1 fully saturated rings. The number of hydrogen-bond donors (Lipinski definition) is 1. The molecule has 1 unspecified atom stereocenters. The van der Waals surface area contributed by atoms with Crippen LogP contribution >= 0.6 is 23.4 Å². The van der Waals surface area contributed by atoms with Crippen molar-refractivity contribution < 1.29 is 0 Å². The van der Waals surface area contributed by atoms with Crippen LogP contribution in [0.1, 0.15) is 18.9 Å². The fourth-order valence-electron chi connectivity index (χ4n) is 2.36. The van der Waals surface area contributed by atoms with E-state index >= 15 is 0 Å². The molecule has 0 amide bonds. The Hall–Kier alpha value is -0.940. The predicted octanol–water partition coefficient (Wildman–Crippen LogP) is 2.68. The van der Waals surface area contributed by atoms with Gasteiger partial charge in [0.2, 0.25) is 0 Å². The topological polar surface area (TPSA) is 40.5 Å². The standard InChI is InChI=1S/C15H23ClN4S/c1-3-13-11-20(8-9-21-13)15(17-2)18-7-6-12-4-5-14(16)19-10-12/h4-5,10,13H,3,6-9,11H2,1-2H3,(H,17,18). The number of nitrogens with zero attached hydrogens (tertiary/aromatic N) is 3. The molecule has 0 aromatic carbocycles. The molecule has 21 heavy (non-hydrogen) atoms. The maximum atomic E-state index is 5.79. The summed E-state index contributed by atoms with van der Waals surface area (Å²) >= 11 is 7.86. The van der Waals surface area contributed by atoms with E-state index in [0.29, 0.717) is 5.15 Å². The molecule has 2 heterocycles. The van der Waals surface area contributed by atoms with Crippen molar-refractivity contribution in [1.82, 2.24) is 15.2 Å². The predicted molar refractivity (Wildman–Crippen MR) is 92.4 cm³/mol. The number of aromatic nitrogens is 1. The van der Waals surface area contributed by atoms with Crippen molar-refractivity contribution in [3.63, 3.8) is 0 Å². The molecule has 1 N–H and O–H groups in total. The van der Waals surface area contributed by atoms with Gasteiger partial charge in [-0.3, -0.25) is 4.99 Å². The number of nitrogens with one attached hydrogen (secondary N) is 1. The molecule has 1 aliphatic heterocycles. The lowest BCUT2D eigenvalue weighted by Crippen LogP contribution is -2.48. The van der Waals surface area contributed by atoms with Crippen LogP contribution in [0.2, 0.25) is 5.15 Å². The van der Waals surface area contributed by atoms with Crippen LogP contribution in [0.5, 0.6) is 0 Å². The largest absolute Gasteiger partial charge is 0.356 e. The average Bonchev–Trinajstić information content (AvgIpc) is 2.53. The lowest BCUT2D eigenvalue weighted by molar-refractivity contribution is 0.408. The monoisotopic (exact) mass is 326 g/mol. The zero-order chi connectivity index (χ0) is 15.1. The summed E-state index contributed by atoms with van der Waals surface area (Å²) in [4.78, 5) is 10.9. The second kappa shape index (κ2) is 8.49. The smallest absolute Gasteiger partial charge is 0.193 e. The van der Waals surface area contributed by atoms with Gasteiger partial charge in [-0.15, -0.1) is 0 Å². The van der Waals surface area contributed by atoms with Crippen LogP contribution < -0.4 is 5.32 Å². The van der Waals surface area contributed by atoms with E-state index in [1.165, 1.54) is 17.7 Å². The minimum absolute atomic E-state index is 0.541. The van der Waals surface area contributed by atoms with Crippen LogP contribution in [0.15, 0.2) is 23.3 Å². The third-order valence-electron chi connectivity index (χ3n) is 3.59. The Morgan fingerprint density at radius 2 is 2.43 bits per heavy atom. The summed E-state index contributed by atoms with van der Waals surface area (Å²) in [5.41, 5.74) is 1.18. The summed E-state index contributed by atoms with van der Waals surface area (Å²) in [6.45, 7) is 5.27. The summed E-state index contributed by atoms with van der Waals surface area (Å²) < 4.78 is 0. The number of aliphatic imine (C=N–C) groups is 1. The van der Waals surface area contributed by atoms with Gasteiger partial charge < -0.3 is 10.2 Å². The van der Waals surface area contributed by atoms with Crippen LogP contribution in [-0.2, 0) is 6.42 Å². The Morgan fingerprint density at radius 1 is 1.57 bits per heavy atom. The molecule has 2 rings (SSSR count). The number of guanidine groups is 1. The third-order valence-corrected chi connectivity index (χ3v) is 5.19. The molecule has 0 aliphatic carbocycles. The highest BCUT2D eigenvalue weighted by Gasteiger charge is 2.21. The SMILES string of the molecule is CCC1CN(C(=NC)NCCc2ccc(Cl)nc2)CCS1. The van der Waals surface area contributed by atoms with Gasteiger partial charge in [-0.2, -0.15) is 11.8 Å². The number of hydrogen-bond acceptors (Lipinski definition) is 3. The van der Waals surface area contributed by atoms with Gasteiger partial charge in [-0.1, -0.05) is 24.6 Å². The van der Waals surface area contributed by atoms with E-state index in [9.17, 15) is 0 Å². The van der Waals surface area contributed by atoms with Gasteiger partial charge in [0.1, 0.15) is 5.15 Å². The molecule has 0 bridgehead atoms. The first-order valence-corrected chi connectivity index (χ1v) is 8.83. The summed E-state index contributed by atoms with van der Waals surface area (Å²) in [6, 6.07) is 3.85. The van der Waals surface area contributed by atoms with Crippen LogP contribution in [0.3, 0.4) is 0 Å². The first-order chi connectivity index (χ1) is 10.2. The van der Waals surface area contributed by atoms with E-state index in [2.05, 4.69) is 38.9 Å². The molecule has 6 heteroatoms. The fraction of sp³-hybridized carbons (Fsp3) is 0.600. The van der Waals surface area contributed by atoms with E-state index < -0.39 is 0 Å². The van der Waals surface area contributed by atoms with Crippen molar-refractivity contribution in [1.29, 1.82) is 0 Å². The minimum Gasteiger partial charge on any atom is -0.356 e. The van der Waals surface area contributed by atoms with Crippen molar-refractivity contribution in [2.75, 3.05) is 32.4 Å². The summed E-state index contributed by atoms with van der Waals surface area (Å²) in [5.74, 6) is 2.19. The van der Waals surface area contributed by atoms with Gasteiger partial charge in [0.05, 0.1) is 0 Å². The maximum Gasteiger partial charge on any atom is 0.193 e. The molecule has 1 saturated heterocycles. The fourth-order valence-corrected chi connectivity index (χ4v) is 3.66. The van der Waals surface area contributed by atoms with E-state index in [4.69, 9.17) is 11.6 Å². The lowest BCUT2D eigenvalue weighted by atomic mass is 10.2. The molecular formula is C15H23ClN4S. The van der Waals surface area contributed by atoms with Gasteiger partial charge in [0.25, 0.3) is 0 Å². The Kier molecular flexibility index (Phi) is 6.64. The quantitative estimate of drug-likeness (QED) is 0.524. The normalized spacial score (nSPS) is 19.7. The number of rotatable bonds is 4. The molecule has 1 atom stereocenters. The second-order valence-electron chi connectivity index (χ2n) is 5.06. The van der Waals surface area contributed by atoms with Crippen molar-refractivity contribution in [2.24, 2.45) is 4.99 Å². The molecule has 116 valence electrons. The Morgan fingerprint density at radius 3 is 3.10 bits per heavy atom. The van der Waals surface area contributed by atoms with Crippen molar-refractivity contribution in [3.05, 3.63) is 29.0 Å². The zero-order valence-corrected chi connectivity index (χ0v) is 14.3. The number of thioether (sulfide) groups is 1. The second-order valence-corrected chi connectivity index (χ2v) is 6.86. The summed E-state index contributed by atoms with van der Waals surface area (Å²) in [5, 5.41) is 4.71. The molecular weight excluding hydrogens is 304 g/mol. The van der Waals surface area contributed by atoms with Gasteiger partial charge in [-0.25, -0.2) is 4.98 Å². The minimum atomic E-state index is 0.541. The Balaban J connectivity index is 1.81. The number of pyridine rings is 1. The third kappa shape index (κ3) is 5.08. The van der Waals surface area contributed by atoms with E-state index in [0.717, 1.165) is 37.3 Å². The average molecular weight is 327 g/mol. The van der Waals surface area contributed by atoms with Crippen LogP contribution in [0.25, 0.3) is 0 Å². The van der Waals surface area contributed by atoms with Gasteiger partial charge in [0.15, 0.2) is 5.96 Å². The Bertz CT molecular complexity index is 463. The van der Waals surface area contributed by atoms with Gasteiger partial charge in [-0.05, 0) is 24.5 Å². The molecule has 0 spiro atoms. The molecule has 1 aromatic heterocycles. The van der Waals surface area contributed by atoms with E-state index in [1.54, 1.807) is 0 Å². The molecule has 0 radical (unpaired) electrons. The highest BCUT2D eigenvalue weighted by atomic mass is 35.5. The van der Waals surface area contributed by atoms with E-state index in [-0.39, 0.29) is 0 Å². The Labute approximate surface area is 136 Å². The molecule has 1 aliphatic rings. The van der Waals surface area contributed by atoms with Crippen LogP contribution in [0.4, 0.5) is 0 Å².